The van der Waals surface area contributed by atoms with Gasteiger partial charge in [0.1, 0.15) is 0 Å². The van der Waals surface area contributed by atoms with Gasteiger partial charge in [-0.3, -0.25) is 0 Å². The summed E-state index contributed by atoms with van der Waals surface area (Å²) in [5.74, 6) is -0.549. The molecule has 4 nitrogen and oxygen atoms in total. The van der Waals surface area contributed by atoms with Crippen LogP contribution in [-0.4, -0.2) is 35.7 Å². The fourth-order valence-electron chi connectivity index (χ4n) is 2.14. The molecule has 0 aliphatic rings. The molecule has 21 heavy (non-hydrogen) atoms. The molecule has 0 amide bonds. The van der Waals surface area contributed by atoms with Crippen LogP contribution in [0.3, 0.4) is 0 Å². The third-order valence-corrected chi connectivity index (χ3v) is 5.63. The predicted octanol–water partition coefficient (Wildman–Crippen LogP) is 4.33. The molecular formula is C16H30InO4. The first-order chi connectivity index (χ1) is 10.2. The van der Waals surface area contributed by atoms with E-state index in [1.807, 2.05) is 0 Å². The van der Waals surface area contributed by atoms with Gasteiger partial charge >= 0.3 is 122 Å². The average molecular weight is 401 g/mol. The maximum atomic E-state index is 11.3. The minimum atomic E-state index is -1.88. The van der Waals surface area contributed by atoms with E-state index in [-0.39, 0.29) is 11.9 Å². The molecule has 121 valence electrons. The molecule has 5 heteroatoms. The summed E-state index contributed by atoms with van der Waals surface area (Å²) in [6.07, 6.45) is 14.4. The van der Waals surface area contributed by atoms with Gasteiger partial charge < -0.3 is 0 Å². The standard InChI is InChI=1S/C14H28O2.C2H4O2.In/c1-2-3-4-5-6-7-8-9-10-11-12-13-14(15)16;1-2(3)4;/h2-13H2,1H3,(H,15,16);1H3,(H,3,4);/q;;+2/p-2. The Hall–Kier alpha value is -0.190. The summed E-state index contributed by atoms with van der Waals surface area (Å²) in [4.78, 5) is 21.8. The minimum absolute atomic E-state index is 0.201. The molecule has 0 N–H and O–H groups in total. The van der Waals surface area contributed by atoms with Crippen LogP contribution in [0, 0.1) is 0 Å². The van der Waals surface area contributed by atoms with E-state index in [0.717, 1.165) is 12.8 Å². The second-order valence-electron chi connectivity index (χ2n) is 5.48. The number of carbonyl (C=O) groups excluding carboxylic acids is 2. The summed E-state index contributed by atoms with van der Waals surface area (Å²) < 4.78 is 9.68. The maximum absolute atomic E-state index is 11.3. The Bertz CT molecular complexity index is 269. The van der Waals surface area contributed by atoms with Crippen molar-refractivity contribution < 1.29 is 15.3 Å². The van der Waals surface area contributed by atoms with Crippen molar-refractivity contribution in [2.75, 3.05) is 0 Å². The second kappa shape index (κ2) is 16.2. The van der Waals surface area contributed by atoms with Crippen molar-refractivity contribution in [1.82, 2.24) is 0 Å². The third kappa shape index (κ3) is 17.8. The van der Waals surface area contributed by atoms with Crippen LogP contribution < -0.4 is 0 Å². The molecular weight excluding hydrogens is 371 g/mol. The van der Waals surface area contributed by atoms with Gasteiger partial charge in [0.15, 0.2) is 0 Å². The molecule has 0 bridgehead atoms. The van der Waals surface area contributed by atoms with E-state index in [0.29, 0.717) is 6.42 Å². The zero-order valence-corrected chi connectivity index (χ0v) is 17.0. The average Bonchev–Trinajstić information content (AvgIpc) is 2.44. The van der Waals surface area contributed by atoms with Gasteiger partial charge in [-0.15, -0.1) is 0 Å². The first-order valence-corrected chi connectivity index (χ1v) is 11.0. The van der Waals surface area contributed by atoms with Gasteiger partial charge in [-0.1, -0.05) is 19.8 Å². The first-order valence-electron chi connectivity index (χ1n) is 8.35. The zero-order valence-electron chi connectivity index (χ0n) is 13.7. The normalized spacial score (nSPS) is 10.2. The van der Waals surface area contributed by atoms with E-state index >= 15 is 0 Å². The van der Waals surface area contributed by atoms with Gasteiger partial charge in [-0.05, 0) is 0 Å². The van der Waals surface area contributed by atoms with Crippen molar-refractivity contribution in [3.05, 3.63) is 0 Å². The summed E-state index contributed by atoms with van der Waals surface area (Å²) in [5, 5.41) is 0. The zero-order chi connectivity index (χ0) is 15.8. The van der Waals surface area contributed by atoms with Gasteiger partial charge in [-0.2, -0.15) is 0 Å². The Morgan fingerprint density at radius 3 is 1.71 bits per heavy atom. The molecule has 1 radical (unpaired) electrons. The monoisotopic (exact) mass is 401 g/mol. The van der Waals surface area contributed by atoms with Crippen LogP contribution in [0.25, 0.3) is 0 Å². The molecule has 0 spiro atoms. The number of rotatable bonds is 14. The van der Waals surface area contributed by atoms with E-state index in [9.17, 15) is 9.59 Å². The van der Waals surface area contributed by atoms with Crippen LogP contribution in [0.5, 0.6) is 0 Å². The van der Waals surface area contributed by atoms with E-state index in [1.54, 1.807) is 0 Å². The molecule has 0 aliphatic heterocycles. The predicted molar refractivity (Wildman–Crippen MR) is 84.7 cm³/mol. The Kier molecular flexibility index (Phi) is 16.0. The Morgan fingerprint density at radius 2 is 1.24 bits per heavy atom. The van der Waals surface area contributed by atoms with E-state index < -0.39 is 23.8 Å². The summed E-state index contributed by atoms with van der Waals surface area (Å²) in [5.41, 5.74) is 0. The van der Waals surface area contributed by atoms with Crippen molar-refractivity contribution >= 4 is 35.7 Å². The van der Waals surface area contributed by atoms with Gasteiger partial charge in [0.25, 0.3) is 0 Å². The van der Waals surface area contributed by atoms with Gasteiger partial charge in [0.05, 0.1) is 0 Å². The molecule has 0 saturated heterocycles. The van der Waals surface area contributed by atoms with Crippen LogP contribution in [-0.2, 0) is 15.3 Å². The molecule has 0 atom stereocenters. The number of hydrogen-bond donors (Lipinski definition) is 0. The quantitative estimate of drug-likeness (QED) is 0.407. The number of carbonyl (C=O) groups is 2. The molecule has 0 aromatic heterocycles. The molecule has 0 unspecified atom stereocenters. The van der Waals surface area contributed by atoms with Crippen LogP contribution in [0.1, 0.15) is 90.9 Å². The number of unbranched alkanes of at least 4 members (excludes halogenated alkanes) is 10. The van der Waals surface area contributed by atoms with E-state index in [2.05, 4.69) is 6.92 Å². The summed E-state index contributed by atoms with van der Waals surface area (Å²) in [6.45, 7) is 3.58. The Labute approximate surface area is 141 Å². The molecule has 0 aromatic rings. The third-order valence-electron chi connectivity index (χ3n) is 3.38. The molecule has 0 aliphatic carbocycles. The van der Waals surface area contributed by atoms with Crippen molar-refractivity contribution in [2.45, 2.75) is 90.9 Å². The topological polar surface area (TPSA) is 52.6 Å². The van der Waals surface area contributed by atoms with Crippen LogP contribution in [0.2, 0.25) is 0 Å². The Balaban J connectivity index is 3.14. The van der Waals surface area contributed by atoms with Gasteiger partial charge in [-0.25, -0.2) is 0 Å². The fourth-order valence-corrected chi connectivity index (χ4v) is 3.30. The first kappa shape index (κ1) is 20.8. The van der Waals surface area contributed by atoms with Crippen LogP contribution >= 0.6 is 0 Å². The fraction of sp³-hybridized carbons (Fsp3) is 0.875. The van der Waals surface area contributed by atoms with Crippen LogP contribution in [0.4, 0.5) is 0 Å². The molecule has 0 rings (SSSR count). The second-order valence-corrected chi connectivity index (χ2v) is 7.38. The molecule has 0 fully saturated rings. The van der Waals surface area contributed by atoms with Crippen molar-refractivity contribution in [3.8, 4) is 0 Å². The van der Waals surface area contributed by atoms with E-state index in [4.69, 9.17) is 5.71 Å². The summed E-state index contributed by atoms with van der Waals surface area (Å²) >= 11 is -1.88. The summed E-state index contributed by atoms with van der Waals surface area (Å²) in [6, 6.07) is 0. The number of hydrogen-bond acceptors (Lipinski definition) is 4. The summed E-state index contributed by atoms with van der Waals surface area (Å²) in [7, 11) is 0. The SMILES string of the molecule is CCCCCCCCCCCCCC(=O)[O][In][O]C(C)=O. The van der Waals surface area contributed by atoms with Gasteiger partial charge in [0.2, 0.25) is 0 Å². The van der Waals surface area contributed by atoms with Crippen LogP contribution in [0.15, 0.2) is 0 Å². The molecule has 0 heterocycles. The van der Waals surface area contributed by atoms with Crippen molar-refractivity contribution in [2.24, 2.45) is 0 Å². The van der Waals surface area contributed by atoms with Crippen molar-refractivity contribution in [1.29, 1.82) is 0 Å². The van der Waals surface area contributed by atoms with Gasteiger partial charge in [0, 0.05) is 0 Å². The molecule has 0 aromatic carbocycles. The van der Waals surface area contributed by atoms with Crippen molar-refractivity contribution in [3.63, 3.8) is 0 Å². The Morgan fingerprint density at radius 1 is 0.762 bits per heavy atom. The molecule has 0 saturated carbocycles. The van der Waals surface area contributed by atoms with E-state index in [1.165, 1.54) is 64.7 Å².